The SMILES string of the molecule is B[C@@H]1[C@@H](C)C(=O)[C@@H](C)C(=O)O[C@H](CC)[C@@](C)(OC#C)[C@H](NCCCCn2cc(-c3cccc(N)c3)nn2)[C@@H](C=C)NC[C@H](C)C[C@@]1(C)OC. The lowest BCUT2D eigenvalue weighted by Gasteiger charge is -2.44. The smallest absolute Gasteiger partial charge is 0.316 e. The fourth-order valence-corrected chi connectivity index (χ4v) is 7.06. The number of methoxy groups -OCH3 is 1. The molecular weight excluding hydrogens is 619 g/mol. The van der Waals surface area contributed by atoms with E-state index in [9.17, 15) is 9.59 Å². The Kier molecular flexibility index (Phi) is 14.5. The summed E-state index contributed by atoms with van der Waals surface area (Å²) in [6.07, 6.45) is 13.9. The second-order valence-electron chi connectivity index (χ2n) is 14.1. The number of benzene rings is 1. The summed E-state index contributed by atoms with van der Waals surface area (Å²) < 4.78 is 20.1. The molecule has 0 unspecified atom stereocenters. The number of carbonyl (C=O) groups excluding carboxylic acids is 2. The third-order valence-corrected chi connectivity index (χ3v) is 10.5. The van der Waals surface area contributed by atoms with Gasteiger partial charge in [0, 0.05) is 36.9 Å². The average Bonchev–Trinajstić information content (AvgIpc) is 3.56. The summed E-state index contributed by atoms with van der Waals surface area (Å²) in [5, 5.41) is 16.0. The van der Waals surface area contributed by atoms with Crippen LogP contribution in [0, 0.1) is 30.3 Å². The normalized spacial score (nSPS) is 31.9. The molecule has 0 saturated carbocycles. The Labute approximate surface area is 293 Å². The van der Waals surface area contributed by atoms with Crippen LogP contribution in [0.4, 0.5) is 5.69 Å². The van der Waals surface area contributed by atoms with Gasteiger partial charge in [-0.15, -0.1) is 11.7 Å². The first-order valence-corrected chi connectivity index (χ1v) is 17.5. The largest absolute Gasteiger partial charge is 0.457 e. The molecule has 11 nitrogen and oxygen atoms in total. The van der Waals surface area contributed by atoms with Crippen molar-refractivity contribution in [1.29, 1.82) is 0 Å². The zero-order chi connectivity index (χ0) is 36.4. The van der Waals surface area contributed by atoms with Gasteiger partial charge in [0.15, 0.2) is 5.60 Å². The molecule has 268 valence electrons. The molecule has 0 bridgehead atoms. The maximum atomic E-state index is 13.7. The number of aryl methyl sites for hydroxylation is 1. The van der Waals surface area contributed by atoms with Crippen molar-refractivity contribution in [2.24, 2.45) is 17.8 Å². The van der Waals surface area contributed by atoms with Crippen LogP contribution in [0.1, 0.15) is 67.2 Å². The molecule has 3 rings (SSSR count). The standard InChI is InChI=1S/C37H57BN6O5/c1-10-29-34(40-18-13-14-19-44-23-30(42-43-44)27-16-15-17-28(39)20-27)37(8,48-12-3)31(11-2)49-35(46)26(6)32(45)25(5)33(38)36(7,47-9)21-24(4)22-41-29/h3,10,15-17,20,23-26,29,31,33-34,40-41H,1,11,13-14,18-19,21-22,38-39H2,2,4-9H3/t24-,25+,26-,29-,31-,33-,34-,36-,37-/m1/s1. The summed E-state index contributed by atoms with van der Waals surface area (Å²) in [6, 6.07) is 6.82. The van der Waals surface area contributed by atoms with Gasteiger partial charge in [-0.05, 0) is 83.4 Å². The van der Waals surface area contributed by atoms with Crippen LogP contribution >= 0.6 is 0 Å². The van der Waals surface area contributed by atoms with Crippen LogP contribution in [0.2, 0.25) is 5.82 Å². The van der Waals surface area contributed by atoms with Gasteiger partial charge in [-0.3, -0.25) is 14.3 Å². The molecule has 0 amide bonds. The van der Waals surface area contributed by atoms with Gasteiger partial charge < -0.3 is 30.6 Å². The van der Waals surface area contributed by atoms with Crippen LogP contribution in [0.3, 0.4) is 0 Å². The summed E-state index contributed by atoms with van der Waals surface area (Å²) in [5.41, 5.74) is 6.54. The van der Waals surface area contributed by atoms with Crippen molar-refractivity contribution in [3.63, 3.8) is 0 Å². The number of rotatable bonds is 11. The number of nitrogens with one attached hydrogen (secondary N) is 2. The Hall–Kier alpha value is -3.66. The van der Waals surface area contributed by atoms with Crippen LogP contribution in [-0.2, 0) is 30.3 Å². The van der Waals surface area contributed by atoms with E-state index in [0.717, 1.165) is 24.1 Å². The molecule has 1 aromatic carbocycles. The van der Waals surface area contributed by atoms with Crippen molar-refractivity contribution >= 4 is 25.3 Å². The third-order valence-electron chi connectivity index (χ3n) is 10.5. The van der Waals surface area contributed by atoms with Gasteiger partial charge in [-0.2, -0.15) is 0 Å². The number of anilines is 1. The summed E-state index contributed by atoms with van der Waals surface area (Å²) in [5.74, 6) is -2.14. The molecule has 2 heterocycles. The Morgan fingerprint density at radius 1 is 1.29 bits per heavy atom. The van der Waals surface area contributed by atoms with Gasteiger partial charge in [0.05, 0.1) is 17.8 Å². The molecule has 0 radical (unpaired) electrons. The number of hydrogen-bond donors (Lipinski definition) is 3. The Bertz CT molecular complexity index is 1450. The van der Waals surface area contributed by atoms with Crippen LogP contribution < -0.4 is 16.4 Å². The highest BCUT2D eigenvalue weighted by molar-refractivity contribution is 6.15. The predicted molar refractivity (Wildman–Crippen MR) is 196 cm³/mol. The Morgan fingerprint density at radius 2 is 2.02 bits per heavy atom. The number of nitrogens with zero attached hydrogens (tertiary/aromatic N) is 3. The minimum absolute atomic E-state index is 0.143. The highest BCUT2D eigenvalue weighted by atomic mass is 16.6. The van der Waals surface area contributed by atoms with Crippen LogP contribution in [0.25, 0.3) is 11.3 Å². The second kappa shape index (κ2) is 17.8. The fourth-order valence-electron chi connectivity index (χ4n) is 7.06. The molecule has 0 aliphatic carbocycles. The number of carbonyl (C=O) groups is 2. The molecule has 1 aliphatic rings. The summed E-state index contributed by atoms with van der Waals surface area (Å²) in [6.45, 7) is 17.5. The highest BCUT2D eigenvalue weighted by Crippen LogP contribution is 2.38. The number of ketones is 1. The van der Waals surface area contributed by atoms with E-state index in [1.165, 1.54) is 0 Å². The lowest BCUT2D eigenvalue weighted by molar-refractivity contribution is -0.173. The van der Waals surface area contributed by atoms with Crippen molar-refractivity contribution in [3.8, 4) is 23.8 Å². The van der Waals surface area contributed by atoms with Gasteiger partial charge in [0.25, 0.3) is 0 Å². The number of nitrogen functional groups attached to an aromatic ring is 1. The molecule has 1 aromatic heterocycles. The number of unbranched alkanes of at least 4 members (excludes halogenated alkanes) is 1. The average molecular weight is 677 g/mol. The number of esters is 1. The summed E-state index contributed by atoms with van der Waals surface area (Å²) >= 11 is 0. The number of aromatic nitrogens is 3. The molecule has 1 fully saturated rings. The lowest BCUT2D eigenvalue weighted by Crippen LogP contribution is -2.65. The molecule has 1 saturated heterocycles. The summed E-state index contributed by atoms with van der Waals surface area (Å²) in [4.78, 5) is 27.3. The molecule has 0 spiro atoms. The van der Waals surface area contributed by atoms with Gasteiger partial charge in [0.2, 0.25) is 0 Å². The third kappa shape index (κ3) is 9.74. The highest BCUT2D eigenvalue weighted by Gasteiger charge is 2.49. The van der Waals surface area contributed by atoms with Crippen molar-refractivity contribution in [2.45, 2.75) is 109 Å². The zero-order valence-corrected chi connectivity index (χ0v) is 30.7. The number of terminal acetylenes is 1. The van der Waals surface area contributed by atoms with Gasteiger partial charge in [0.1, 0.15) is 37.5 Å². The van der Waals surface area contributed by atoms with E-state index in [2.05, 4.69) is 40.6 Å². The quantitative estimate of drug-likeness (QED) is 0.0612. The number of cyclic esters (lactones) is 1. The van der Waals surface area contributed by atoms with Crippen molar-refractivity contribution in [1.82, 2.24) is 25.6 Å². The molecular formula is C37H57BN6O5. The topological polar surface area (TPSA) is 143 Å². The Morgan fingerprint density at radius 3 is 2.65 bits per heavy atom. The van der Waals surface area contributed by atoms with E-state index in [4.69, 9.17) is 26.4 Å². The van der Waals surface area contributed by atoms with Crippen LogP contribution in [0.15, 0.2) is 43.1 Å². The fraction of sp³-hybridized carbons (Fsp3) is 0.622. The predicted octanol–water partition coefficient (Wildman–Crippen LogP) is 3.81. The van der Waals surface area contributed by atoms with E-state index in [1.807, 2.05) is 76.8 Å². The van der Waals surface area contributed by atoms with Gasteiger partial charge in [-0.1, -0.05) is 50.6 Å². The van der Waals surface area contributed by atoms with Crippen molar-refractivity contribution in [2.75, 3.05) is 25.9 Å². The van der Waals surface area contributed by atoms with Crippen molar-refractivity contribution in [3.05, 3.63) is 43.1 Å². The number of nitrogens with two attached hydrogens (primary N) is 1. The molecule has 12 heteroatoms. The first-order valence-electron chi connectivity index (χ1n) is 17.5. The maximum absolute atomic E-state index is 13.7. The second-order valence-corrected chi connectivity index (χ2v) is 14.1. The molecule has 1 aliphatic heterocycles. The van der Waals surface area contributed by atoms with E-state index in [1.54, 1.807) is 14.0 Å². The van der Waals surface area contributed by atoms with E-state index < -0.39 is 41.2 Å². The monoisotopic (exact) mass is 676 g/mol. The lowest BCUT2D eigenvalue weighted by atomic mass is 9.62. The maximum Gasteiger partial charge on any atom is 0.316 e. The molecule has 49 heavy (non-hydrogen) atoms. The van der Waals surface area contributed by atoms with Crippen molar-refractivity contribution < 1.29 is 23.8 Å². The van der Waals surface area contributed by atoms with E-state index in [-0.39, 0.29) is 23.6 Å². The Balaban J connectivity index is 1.86. The molecule has 9 atom stereocenters. The van der Waals surface area contributed by atoms with Crippen LogP contribution in [-0.4, -0.2) is 84.2 Å². The zero-order valence-electron chi connectivity index (χ0n) is 30.7. The number of hydrogen-bond acceptors (Lipinski definition) is 10. The van der Waals surface area contributed by atoms with Gasteiger partial charge in [-0.25, -0.2) is 0 Å². The van der Waals surface area contributed by atoms with E-state index >= 15 is 0 Å². The summed E-state index contributed by atoms with van der Waals surface area (Å²) in [7, 11) is 3.70. The molecule has 4 N–H and O–H groups in total. The van der Waals surface area contributed by atoms with E-state index in [0.29, 0.717) is 38.2 Å². The number of ether oxygens (including phenoxy) is 3. The minimum atomic E-state index is -1.17. The first-order chi connectivity index (χ1) is 23.2. The number of Topliss-reactive ketones (excluding diaryl/α,β-unsaturated/α-hetero) is 1. The minimum Gasteiger partial charge on any atom is -0.457 e. The van der Waals surface area contributed by atoms with Gasteiger partial charge >= 0.3 is 5.97 Å². The molecule has 2 aromatic rings. The first kappa shape index (κ1) is 39.8. The van der Waals surface area contributed by atoms with Crippen LogP contribution in [0.5, 0.6) is 0 Å².